The molecule has 0 spiro atoms. The topological polar surface area (TPSA) is 113 Å². The fraction of sp³-hybridized carbons (Fsp3) is 0.333. The molecule has 0 fully saturated rings. The number of benzene rings is 2. The summed E-state index contributed by atoms with van der Waals surface area (Å²) in [7, 11) is 3.08. The fourth-order valence-electron chi connectivity index (χ4n) is 3.11. The minimum Gasteiger partial charge on any atom is -0.493 e. The summed E-state index contributed by atoms with van der Waals surface area (Å²) in [5, 5.41) is 6.70. The van der Waals surface area contributed by atoms with Crippen molar-refractivity contribution in [1.82, 2.24) is 15.5 Å². The number of carbonyl (C=O) groups is 2. The maximum absolute atomic E-state index is 12.8. The Balaban J connectivity index is 1.66. The molecular formula is C24H27N3O6. The number of nitrogens with zero attached hydrogens (tertiary/aromatic N) is 2. The van der Waals surface area contributed by atoms with Crippen LogP contribution in [0.3, 0.4) is 0 Å². The van der Waals surface area contributed by atoms with E-state index in [0.29, 0.717) is 34.9 Å². The van der Waals surface area contributed by atoms with Crippen LogP contribution >= 0.6 is 0 Å². The van der Waals surface area contributed by atoms with Gasteiger partial charge >= 0.3 is 5.97 Å². The summed E-state index contributed by atoms with van der Waals surface area (Å²) in [6.45, 7) is 3.60. The van der Waals surface area contributed by atoms with Gasteiger partial charge in [-0.3, -0.25) is 4.79 Å². The Morgan fingerprint density at radius 2 is 1.79 bits per heavy atom. The third kappa shape index (κ3) is 5.88. The number of amides is 1. The highest BCUT2D eigenvalue weighted by Gasteiger charge is 2.28. The summed E-state index contributed by atoms with van der Waals surface area (Å²) in [4.78, 5) is 29.6. The molecule has 33 heavy (non-hydrogen) atoms. The summed E-state index contributed by atoms with van der Waals surface area (Å²) in [5.74, 6) is 0.509. The van der Waals surface area contributed by atoms with Crippen molar-refractivity contribution in [2.24, 2.45) is 5.92 Å². The van der Waals surface area contributed by atoms with Gasteiger partial charge in [0, 0.05) is 11.1 Å². The highest BCUT2D eigenvalue weighted by molar-refractivity contribution is 5.96. The number of esters is 1. The van der Waals surface area contributed by atoms with Gasteiger partial charge in [0.15, 0.2) is 18.1 Å². The molecule has 0 unspecified atom stereocenters. The Bertz CT molecular complexity index is 1080. The van der Waals surface area contributed by atoms with Crippen molar-refractivity contribution in [1.29, 1.82) is 0 Å². The third-order valence-corrected chi connectivity index (χ3v) is 5.24. The van der Waals surface area contributed by atoms with Crippen molar-refractivity contribution in [2.45, 2.75) is 32.9 Å². The minimum atomic E-state index is -0.809. The van der Waals surface area contributed by atoms with Gasteiger partial charge in [0.1, 0.15) is 6.04 Å². The van der Waals surface area contributed by atoms with Gasteiger partial charge in [0.05, 0.1) is 14.2 Å². The highest BCUT2D eigenvalue weighted by Crippen LogP contribution is 2.31. The molecule has 2 aromatic carbocycles. The molecule has 0 aliphatic carbocycles. The van der Waals surface area contributed by atoms with Crippen LogP contribution in [0, 0.1) is 5.92 Å². The van der Waals surface area contributed by atoms with Gasteiger partial charge < -0.3 is 24.1 Å². The van der Waals surface area contributed by atoms with E-state index in [4.69, 9.17) is 18.7 Å². The van der Waals surface area contributed by atoms with Crippen LogP contribution in [0.4, 0.5) is 0 Å². The number of rotatable bonds is 10. The van der Waals surface area contributed by atoms with E-state index in [9.17, 15) is 9.59 Å². The second-order valence-corrected chi connectivity index (χ2v) is 7.39. The number of hydrogen-bond acceptors (Lipinski definition) is 8. The third-order valence-electron chi connectivity index (χ3n) is 5.24. The number of nitrogens with one attached hydrogen (secondary N) is 1. The highest BCUT2D eigenvalue weighted by atomic mass is 16.6. The zero-order valence-corrected chi connectivity index (χ0v) is 19.0. The van der Waals surface area contributed by atoms with Crippen molar-refractivity contribution in [3.8, 4) is 22.9 Å². The normalized spacial score (nSPS) is 12.5. The molecule has 9 nitrogen and oxygen atoms in total. The van der Waals surface area contributed by atoms with E-state index in [-0.39, 0.29) is 24.3 Å². The number of ether oxygens (including phenoxy) is 3. The molecule has 174 valence electrons. The molecule has 9 heteroatoms. The average Bonchev–Trinajstić information content (AvgIpc) is 3.34. The number of hydrogen-bond donors (Lipinski definition) is 1. The maximum Gasteiger partial charge on any atom is 0.329 e. The first-order valence-corrected chi connectivity index (χ1v) is 10.5. The molecule has 0 aliphatic rings. The first-order valence-electron chi connectivity index (χ1n) is 10.5. The Kier molecular flexibility index (Phi) is 8.01. The molecular weight excluding hydrogens is 426 g/mol. The van der Waals surface area contributed by atoms with Gasteiger partial charge in [0.2, 0.25) is 5.82 Å². The van der Waals surface area contributed by atoms with Gasteiger partial charge in [-0.2, -0.15) is 4.98 Å². The quantitative estimate of drug-likeness (QED) is 0.463. The maximum atomic E-state index is 12.8. The fourth-order valence-corrected chi connectivity index (χ4v) is 3.11. The lowest BCUT2D eigenvalue weighted by Gasteiger charge is -2.22. The van der Waals surface area contributed by atoms with Crippen molar-refractivity contribution in [3.63, 3.8) is 0 Å². The second kappa shape index (κ2) is 11.1. The molecule has 0 radical (unpaired) electrons. The van der Waals surface area contributed by atoms with Gasteiger partial charge in [-0.05, 0) is 36.2 Å². The van der Waals surface area contributed by atoms with Crippen LogP contribution < -0.4 is 14.8 Å². The predicted molar refractivity (Wildman–Crippen MR) is 120 cm³/mol. The lowest BCUT2D eigenvalue weighted by Crippen LogP contribution is -2.45. The van der Waals surface area contributed by atoms with E-state index >= 15 is 0 Å². The molecule has 0 saturated carbocycles. The van der Waals surface area contributed by atoms with Crippen LogP contribution in [0.1, 0.15) is 36.5 Å². The first kappa shape index (κ1) is 23.8. The van der Waals surface area contributed by atoms with E-state index in [1.807, 2.05) is 19.9 Å². The zero-order chi connectivity index (χ0) is 23.8. The number of carbonyl (C=O) groups excluding carboxylic acids is 2. The van der Waals surface area contributed by atoms with E-state index < -0.39 is 12.0 Å². The molecule has 3 aromatic rings. The largest absolute Gasteiger partial charge is 0.493 e. The van der Waals surface area contributed by atoms with Crippen molar-refractivity contribution in [3.05, 3.63) is 60.0 Å². The molecule has 0 saturated heterocycles. The van der Waals surface area contributed by atoms with Crippen LogP contribution in [0.25, 0.3) is 11.4 Å². The molecule has 0 aliphatic heterocycles. The summed E-state index contributed by atoms with van der Waals surface area (Å²) < 4.78 is 21.1. The van der Waals surface area contributed by atoms with E-state index in [2.05, 4.69) is 15.5 Å². The van der Waals surface area contributed by atoms with E-state index in [1.54, 1.807) is 49.6 Å². The Morgan fingerprint density at radius 1 is 1.06 bits per heavy atom. The van der Waals surface area contributed by atoms with Gasteiger partial charge in [-0.1, -0.05) is 43.6 Å². The Hall–Kier alpha value is -3.88. The van der Waals surface area contributed by atoms with Crippen molar-refractivity contribution in [2.75, 3.05) is 14.2 Å². The standard InChI is InChI=1S/C24H27N3O6/c1-5-15(2)21(26-23(28)16-9-7-6-8-10-16)24(29)32-14-20-25-22(27-33-20)17-11-12-18(30-3)19(13-17)31-4/h6-13,15,21H,5,14H2,1-4H3,(H,26,28)/t15-,21-/m0/s1. The van der Waals surface area contributed by atoms with E-state index in [0.717, 1.165) is 0 Å². The van der Waals surface area contributed by atoms with Crippen LogP contribution in [0.5, 0.6) is 11.5 Å². The smallest absolute Gasteiger partial charge is 0.329 e. The molecule has 3 rings (SSSR count). The van der Waals surface area contributed by atoms with Gasteiger partial charge in [-0.15, -0.1) is 0 Å². The second-order valence-electron chi connectivity index (χ2n) is 7.39. The first-order chi connectivity index (χ1) is 16.0. The Labute approximate surface area is 192 Å². The van der Waals surface area contributed by atoms with Crippen LogP contribution in [0.15, 0.2) is 53.1 Å². The summed E-state index contributed by atoms with van der Waals surface area (Å²) in [6, 6.07) is 13.1. The molecule has 1 N–H and O–H groups in total. The van der Waals surface area contributed by atoms with Gasteiger partial charge in [0.25, 0.3) is 11.8 Å². The SMILES string of the molecule is CC[C@H](C)[C@H](NC(=O)c1ccccc1)C(=O)OCc1nc(-c2ccc(OC)c(OC)c2)no1. The predicted octanol–water partition coefficient (Wildman–Crippen LogP) is 3.64. The number of aromatic nitrogens is 2. The van der Waals surface area contributed by atoms with Crippen LogP contribution in [-0.2, 0) is 16.1 Å². The van der Waals surface area contributed by atoms with Crippen molar-refractivity contribution < 1.29 is 28.3 Å². The lowest BCUT2D eigenvalue weighted by atomic mass is 9.99. The van der Waals surface area contributed by atoms with E-state index in [1.165, 1.54) is 7.11 Å². The Morgan fingerprint density at radius 3 is 2.45 bits per heavy atom. The van der Waals surface area contributed by atoms with Gasteiger partial charge in [-0.25, -0.2) is 4.79 Å². The summed E-state index contributed by atoms with van der Waals surface area (Å²) >= 11 is 0. The monoisotopic (exact) mass is 453 g/mol. The molecule has 1 aromatic heterocycles. The summed E-state index contributed by atoms with van der Waals surface area (Å²) in [5.41, 5.74) is 1.12. The molecule has 0 bridgehead atoms. The lowest BCUT2D eigenvalue weighted by molar-refractivity contribution is -0.149. The zero-order valence-electron chi connectivity index (χ0n) is 19.0. The molecule has 1 amide bonds. The average molecular weight is 453 g/mol. The van der Waals surface area contributed by atoms with Crippen molar-refractivity contribution >= 4 is 11.9 Å². The van der Waals surface area contributed by atoms with Crippen LogP contribution in [-0.4, -0.2) is 42.3 Å². The minimum absolute atomic E-state index is 0.129. The number of methoxy groups -OCH3 is 2. The molecule has 2 atom stereocenters. The molecule has 1 heterocycles. The van der Waals surface area contributed by atoms with Crippen LogP contribution in [0.2, 0.25) is 0 Å². The summed E-state index contributed by atoms with van der Waals surface area (Å²) in [6.07, 6.45) is 0.679.